The number of nitrogens with zero attached hydrogens (tertiary/aromatic N) is 3. The fraction of sp³-hybridized carbons (Fsp3) is 0.421. The predicted molar refractivity (Wildman–Crippen MR) is 96.7 cm³/mol. The van der Waals surface area contributed by atoms with Crippen LogP contribution in [-0.2, 0) is 22.3 Å². The summed E-state index contributed by atoms with van der Waals surface area (Å²) in [5.74, 6) is -3.94. The molecule has 0 spiro atoms. The second kappa shape index (κ2) is 8.90. The van der Waals surface area contributed by atoms with E-state index in [2.05, 4.69) is 15.3 Å². The first kappa shape index (κ1) is 21.9. The van der Waals surface area contributed by atoms with Crippen LogP contribution in [0.4, 0.5) is 27.9 Å². The van der Waals surface area contributed by atoms with Gasteiger partial charge in [-0.3, -0.25) is 9.69 Å². The zero-order chi connectivity index (χ0) is 21.8. The number of halogens is 5. The van der Waals surface area contributed by atoms with Crippen molar-refractivity contribution in [3.8, 4) is 0 Å². The van der Waals surface area contributed by atoms with Crippen LogP contribution < -0.4 is 5.32 Å². The van der Waals surface area contributed by atoms with Crippen molar-refractivity contribution in [3.63, 3.8) is 0 Å². The van der Waals surface area contributed by atoms with Crippen molar-refractivity contribution in [1.29, 1.82) is 0 Å². The van der Waals surface area contributed by atoms with E-state index in [0.717, 1.165) is 5.56 Å². The molecule has 0 bridgehead atoms. The molecule has 1 aromatic carbocycles. The number of aromatic nitrogens is 2. The third-order valence-corrected chi connectivity index (χ3v) is 4.67. The van der Waals surface area contributed by atoms with Gasteiger partial charge in [-0.2, -0.15) is 13.2 Å². The van der Waals surface area contributed by atoms with Gasteiger partial charge in [0, 0.05) is 31.9 Å². The second-order valence-corrected chi connectivity index (χ2v) is 6.82. The van der Waals surface area contributed by atoms with Crippen molar-refractivity contribution in [2.75, 3.05) is 25.0 Å². The fourth-order valence-electron chi connectivity index (χ4n) is 3.05. The Hall–Kier alpha value is -2.82. The summed E-state index contributed by atoms with van der Waals surface area (Å²) in [6, 6.07) is 7.58. The number of hydrogen-bond acceptors (Lipinski definition) is 6. The largest absolute Gasteiger partial charge is 0.460 e. The highest BCUT2D eigenvalue weighted by atomic mass is 19.4. The van der Waals surface area contributed by atoms with Gasteiger partial charge in [0.1, 0.15) is 6.61 Å². The van der Waals surface area contributed by atoms with Crippen LogP contribution in [0.2, 0.25) is 0 Å². The summed E-state index contributed by atoms with van der Waals surface area (Å²) in [6.07, 6.45) is -3.89. The molecule has 3 rings (SSSR count). The first-order valence-corrected chi connectivity index (χ1v) is 9.10. The number of nitrogens with one attached hydrogen (secondary N) is 1. The maximum Gasteiger partial charge on any atom is 0.419 e. The van der Waals surface area contributed by atoms with Gasteiger partial charge in [0.15, 0.2) is 0 Å². The highest BCUT2D eigenvalue weighted by molar-refractivity contribution is 5.71. The van der Waals surface area contributed by atoms with E-state index < -0.39 is 36.1 Å². The predicted octanol–water partition coefficient (Wildman–Crippen LogP) is 3.36. The van der Waals surface area contributed by atoms with Gasteiger partial charge in [-0.1, -0.05) is 30.3 Å². The minimum Gasteiger partial charge on any atom is -0.460 e. The van der Waals surface area contributed by atoms with Crippen LogP contribution in [0.3, 0.4) is 0 Å². The molecule has 11 heteroatoms. The van der Waals surface area contributed by atoms with Crippen LogP contribution in [0, 0.1) is 0 Å². The number of benzene rings is 1. The van der Waals surface area contributed by atoms with Crippen LogP contribution in [0.15, 0.2) is 42.7 Å². The minimum atomic E-state index is -4.59. The first-order valence-electron chi connectivity index (χ1n) is 9.10. The maximum atomic E-state index is 14.3. The second-order valence-electron chi connectivity index (χ2n) is 6.82. The van der Waals surface area contributed by atoms with Gasteiger partial charge in [-0.15, -0.1) is 0 Å². The number of anilines is 1. The summed E-state index contributed by atoms with van der Waals surface area (Å²) in [7, 11) is 0. The van der Waals surface area contributed by atoms with E-state index in [9.17, 15) is 26.7 Å². The molecule has 1 saturated heterocycles. The number of likely N-dealkylation sites (tertiary alicyclic amines) is 1. The average Bonchev–Trinajstić information content (AvgIpc) is 2.98. The van der Waals surface area contributed by atoms with Crippen LogP contribution in [-0.4, -0.2) is 52.4 Å². The van der Waals surface area contributed by atoms with Gasteiger partial charge >= 0.3 is 12.1 Å². The number of alkyl halides is 5. The summed E-state index contributed by atoms with van der Waals surface area (Å²) in [5, 5.41) is 2.52. The molecule has 2 aromatic rings. The molecule has 30 heavy (non-hydrogen) atoms. The molecule has 1 N–H and O–H groups in total. The Balaban J connectivity index is 1.55. The molecule has 1 aliphatic heterocycles. The van der Waals surface area contributed by atoms with Gasteiger partial charge < -0.3 is 10.1 Å². The number of esters is 1. The van der Waals surface area contributed by atoms with Crippen LogP contribution >= 0.6 is 0 Å². The topological polar surface area (TPSA) is 67.4 Å². The lowest BCUT2D eigenvalue weighted by atomic mass is 10.1. The lowest BCUT2D eigenvalue weighted by molar-refractivity contribution is -0.147. The lowest BCUT2D eigenvalue weighted by Gasteiger charge is -2.27. The summed E-state index contributed by atoms with van der Waals surface area (Å²) < 4.78 is 71.3. The van der Waals surface area contributed by atoms with Gasteiger partial charge in [0.25, 0.3) is 5.92 Å². The maximum absolute atomic E-state index is 14.3. The van der Waals surface area contributed by atoms with Crippen molar-refractivity contribution in [2.45, 2.75) is 31.2 Å². The van der Waals surface area contributed by atoms with E-state index >= 15 is 0 Å². The highest BCUT2D eigenvalue weighted by Gasteiger charge is 2.49. The standard InChI is InChI=1S/C19H19F5N4O2/c20-18(21)6-7-28(11-16(29)30-12-13-4-2-1-3-5-13)15(18)10-27-17-25-8-14(9-26-17)19(22,23)24/h1-5,8-9,15H,6-7,10-12H2,(H,25,26,27). The van der Waals surface area contributed by atoms with Crippen molar-refractivity contribution in [2.24, 2.45) is 0 Å². The number of rotatable bonds is 7. The normalized spacial score (nSPS) is 18.9. The molecule has 1 unspecified atom stereocenters. The quantitative estimate of drug-likeness (QED) is 0.537. The molecular formula is C19H19F5N4O2. The van der Waals surface area contributed by atoms with E-state index in [0.29, 0.717) is 12.4 Å². The van der Waals surface area contributed by atoms with Crippen molar-refractivity contribution in [1.82, 2.24) is 14.9 Å². The summed E-state index contributed by atoms with van der Waals surface area (Å²) in [4.78, 5) is 20.4. The molecule has 1 atom stereocenters. The smallest absolute Gasteiger partial charge is 0.419 e. The zero-order valence-electron chi connectivity index (χ0n) is 15.7. The van der Waals surface area contributed by atoms with Gasteiger partial charge in [-0.05, 0) is 5.56 Å². The molecule has 162 valence electrons. The summed E-state index contributed by atoms with van der Waals surface area (Å²) in [5.41, 5.74) is -0.266. The van der Waals surface area contributed by atoms with Gasteiger partial charge in [0.05, 0.1) is 18.2 Å². The van der Waals surface area contributed by atoms with E-state index in [1.54, 1.807) is 24.3 Å². The Bertz CT molecular complexity index is 846. The van der Waals surface area contributed by atoms with E-state index in [1.807, 2.05) is 6.07 Å². The van der Waals surface area contributed by atoms with E-state index in [-0.39, 0.29) is 32.2 Å². The number of carbonyl (C=O) groups excluding carboxylic acids is 1. The average molecular weight is 430 g/mol. The van der Waals surface area contributed by atoms with E-state index in [4.69, 9.17) is 4.74 Å². The number of ether oxygens (including phenoxy) is 1. The molecule has 0 aliphatic carbocycles. The summed E-state index contributed by atoms with van der Waals surface area (Å²) >= 11 is 0. The highest BCUT2D eigenvalue weighted by Crippen LogP contribution is 2.34. The van der Waals surface area contributed by atoms with Crippen molar-refractivity contribution >= 4 is 11.9 Å². The summed E-state index contributed by atoms with van der Waals surface area (Å²) in [6.45, 7) is -0.660. The third-order valence-electron chi connectivity index (χ3n) is 4.67. The van der Waals surface area contributed by atoms with Crippen LogP contribution in [0.25, 0.3) is 0 Å². The fourth-order valence-corrected chi connectivity index (χ4v) is 3.05. The Morgan fingerprint density at radius 3 is 2.50 bits per heavy atom. The van der Waals surface area contributed by atoms with Crippen LogP contribution in [0.1, 0.15) is 17.5 Å². The zero-order valence-corrected chi connectivity index (χ0v) is 15.7. The third kappa shape index (κ3) is 5.62. The molecule has 1 fully saturated rings. The lowest BCUT2D eigenvalue weighted by Crippen LogP contribution is -2.46. The first-order chi connectivity index (χ1) is 14.1. The minimum absolute atomic E-state index is 0.0202. The number of carbonyl (C=O) groups is 1. The van der Waals surface area contributed by atoms with Gasteiger partial charge in [0.2, 0.25) is 5.95 Å². The van der Waals surface area contributed by atoms with Crippen molar-refractivity contribution < 1.29 is 31.5 Å². The Labute approximate surface area is 169 Å². The molecule has 0 amide bonds. The molecular weight excluding hydrogens is 411 g/mol. The van der Waals surface area contributed by atoms with E-state index in [1.165, 1.54) is 4.90 Å². The molecule has 6 nitrogen and oxygen atoms in total. The monoisotopic (exact) mass is 430 g/mol. The Kier molecular flexibility index (Phi) is 6.49. The Morgan fingerprint density at radius 1 is 1.20 bits per heavy atom. The Morgan fingerprint density at radius 2 is 1.87 bits per heavy atom. The molecule has 1 aromatic heterocycles. The molecule has 0 saturated carbocycles. The molecule has 1 aliphatic rings. The van der Waals surface area contributed by atoms with Crippen LogP contribution in [0.5, 0.6) is 0 Å². The molecule has 2 heterocycles. The number of hydrogen-bond donors (Lipinski definition) is 1. The molecule has 0 radical (unpaired) electrons. The SMILES string of the molecule is O=C(CN1CCC(F)(F)C1CNc1ncc(C(F)(F)F)cn1)OCc1ccccc1. The van der Waals surface area contributed by atoms with Gasteiger partial charge in [-0.25, -0.2) is 18.7 Å². The van der Waals surface area contributed by atoms with Crippen molar-refractivity contribution in [3.05, 3.63) is 53.9 Å².